The van der Waals surface area contributed by atoms with Gasteiger partial charge in [0.1, 0.15) is 0 Å². The Morgan fingerprint density at radius 3 is 2.67 bits per heavy atom. The van der Waals surface area contributed by atoms with Crippen LogP contribution in [-0.4, -0.2) is 17.6 Å². The van der Waals surface area contributed by atoms with Crippen LogP contribution in [0, 0.1) is 5.92 Å². The third-order valence-electron chi connectivity index (χ3n) is 2.62. The van der Waals surface area contributed by atoms with E-state index in [-0.39, 0.29) is 13.0 Å². The molecule has 0 saturated heterocycles. The van der Waals surface area contributed by atoms with Crippen LogP contribution < -0.4 is 0 Å². The van der Waals surface area contributed by atoms with Crippen LogP contribution in [-0.2, 0) is 0 Å². The molecule has 1 unspecified atom stereocenters. The van der Waals surface area contributed by atoms with Crippen molar-refractivity contribution in [3.63, 3.8) is 0 Å². The number of aliphatic hydroxyl groups is 1. The van der Waals surface area contributed by atoms with E-state index in [1.807, 2.05) is 0 Å². The van der Waals surface area contributed by atoms with Gasteiger partial charge in [-0.15, -0.1) is 0 Å². The van der Waals surface area contributed by atoms with Crippen LogP contribution >= 0.6 is 0 Å². The first kappa shape index (κ1) is 9.90. The average molecular weight is 178 g/mol. The number of hydrogen-bond acceptors (Lipinski definition) is 1. The molecular weight excluding hydrogens is 162 g/mol. The molecule has 1 nitrogen and oxygen atoms in total. The lowest BCUT2D eigenvalue weighted by molar-refractivity contribution is -0.0893. The molecule has 1 aliphatic carbocycles. The van der Waals surface area contributed by atoms with Crippen molar-refractivity contribution in [2.24, 2.45) is 5.92 Å². The molecule has 0 aromatic rings. The molecule has 0 radical (unpaired) electrons. The van der Waals surface area contributed by atoms with Crippen molar-refractivity contribution in [1.29, 1.82) is 0 Å². The maximum Gasteiger partial charge on any atom is 0.250 e. The number of alkyl halides is 2. The largest absolute Gasteiger partial charge is 0.396 e. The fourth-order valence-electron chi connectivity index (χ4n) is 1.86. The van der Waals surface area contributed by atoms with Crippen molar-refractivity contribution in [2.75, 3.05) is 6.61 Å². The summed E-state index contributed by atoms with van der Waals surface area (Å²) in [5.41, 5.74) is 0. The van der Waals surface area contributed by atoms with Gasteiger partial charge < -0.3 is 5.11 Å². The minimum Gasteiger partial charge on any atom is -0.396 e. The first-order chi connectivity index (χ1) is 5.67. The molecule has 0 heterocycles. The fraction of sp³-hybridized carbons (Fsp3) is 1.00. The van der Waals surface area contributed by atoms with E-state index in [0.717, 1.165) is 6.42 Å². The monoisotopic (exact) mass is 178 g/mol. The van der Waals surface area contributed by atoms with Crippen molar-refractivity contribution in [1.82, 2.24) is 0 Å². The Balaban J connectivity index is 2.37. The first-order valence-electron chi connectivity index (χ1n) is 4.65. The van der Waals surface area contributed by atoms with E-state index in [9.17, 15) is 8.78 Å². The fourth-order valence-corrected chi connectivity index (χ4v) is 1.86. The minimum atomic E-state index is -2.46. The van der Waals surface area contributed by atoms with Gasteiger partial charge in [0.05, 0.1) is 0 Å². The van der Waals surface area contributed by atoms with Crippen LogP contribution in [0.2, 0.25) is 0 Å². The van der Waals surface area contributed by atoms with Crippen molar-refractivity contribution < 1.29 is 13.9 Å². The van der Waals surface area contributed by atoms with E-state index in [0.29, 0.717) is 25.7 Å². The van der Waals surface area contributed by atoms with E-state index in [1.165, 1.54) is 0 Å². The standard InChI is InChI=1S/C9H16F2O/c10-9(11)6-2-1-4-8(9)5-3-7-12/h8,12H,1-7H2. The molecule has 1 atom stereocenters. The molecule has 0 spiro atoms. The molecule has 0 aromatic heterocycles. The normalized spacial score (nSPS) is 28.8. The predicted molar refractivity (Wildman–Crippen MR) is 43.2 cm³/mol. The Hall–Kier alpha value is -0.180. The van der Waals surface area contributed by atoms with Crippen molar-refractivity contribution in [3.05, 3.63) is 0 Å². The highest BCUT2D eigenvalue weighted by atomic mass is 19.3. The van der Waals surface area contributed by atoms with E-state index in [2.05, 4.69) is 0 Å². The molecule has 1 N–H and O–H groups in total. The maximum atomic E-state index is 13.1. The Morgan fingerprint density at radius 2 is 2.08 bits per heavy atom. The lowest BCUT2D eigenvalue weighted by Crippen LogP contribution is -2.31. The highest BCUT2D eigenvalue weighted by Gasteiger charge is 2.40. The smallest absolute Gasteiger partial charge is 0.250 e. The summed E-state index contributed by atoms with van der Waals surface area (Å²) in [6.45, 7) is 0.0343. The summed E-state index contributed by atoms with van der Waals surface area (Å²) in [4.78, 5) is 0. The predicted octanol–water partition coefficient (Wildman–Crippen LogP) is 2.58. The SMILES string of the molecule is OCCCC1CCCCC1(F)F. The lowest BCUT2D eigenvalue weighted by atomic mass is 9.83. The zero-order valence-corrected chi connectivity index (χ0v) is 7.23. The van der Waals surface area contributed by atoms with E-state index in [1.54, 1.807) is 0 Å². The summed E-state index contributed by atoms with van der Waals surface area (Å²) in [6, 6.07) is 0. The minimum absolute atomic E-state index is 0.0343. The van der Waals surface area contributed by atoms with Gasteiger partial charge >= 0.3 is 0 Å². The van der Waals surface area contributed by atoms with E-state index < -0.39 is 11.8 Å². The van der Waals surface area contributed by atoms with Gasteiger partial charge in [-0.25, -0.2) is 8.78 Å². The summed E-state index contributed by atoms with van der Waals surface area (Å²) < 4.78 is 26.2. The molecule has 1 rings (SSSR count). The second-order valence-electron chi connectivity index (χ2n) is 3.57. The molecule has 1 fully saturated rings. The van der Waals surface area contributed by atoms with Gasteiger partial charge in [0.25, 0.3) is 5.92 Å². The van der Waals surface area contributed by atoms with Crippen molar-refractivity contribution in [2.45, 2.75) is 44.4 Å². The van der Waals surface area contributed by atoms with Crippen LogP contribution in [0.25, 0.3) is 0 Å². The number of rotatable bonds is 3. The molecule has 72 valence electrons. The lowest BCUT2D eigenvalue weighted by Gasteiger charge is -2.31. The number of aliphatic hydroxyl groups excluding tert-OH is 1. The molecular formula is C9H16F2O. The number of hydrogen-bond donors (Lipinski definition) is 1. The van der Waals surface area contributed by atoms with Crippen LogP contribution in [0.1, 0.15) is 38.5 Å². The summed E-state index contributed by atoms with van der Waals surface area (Å²) >= 11 is 0. The van der Waals surface area contributed by atoms with Crippen molar-refractivity contribution in [3.8, 4) is 0 Å². The summed E-state index contributed by atoms with van der Waals surface area (Å²) in [6.07, 6.45) is 3.24. The Bertz CT molecular complexity index is 136. The van der Waals surface area contributed by atoms with Gasteiger partial charge in [0.15, 0.2) is 0 Å². The quantitative estimate of drug-likeness (QED) is 0.704. The van der Waals surface area contributed by atoms with Gasteiger partial charge in [-0.1, -0.05) is 6.42 Å². The summed E-state index contributed by atoms with van der Waals surface area (Å²) in [7, 11) is 0. The average Bonchev–Trinajstić information content (AvgIpc) is 2.02. The van der Waals surface area contributed by atoms with Crippen LogP contribution in [0.5, 0.6) is 0 Å². The summed E-state index contributed by atoms with van der Waals surface area (Å²) in [5.74, 6) is -2.94. The van der Waals surface area contributed by atoms with Gasteiger partial charge in [-0.2, -0.15) is 0 Å². The third-order valence-corrected chi connectivity index (χ3v) is 2.62. The number of halogens is 2. The van der Waals surface area contributed by atoms with Crippen LogP contribution in [0.15, 0.2) is 0 Å². The topological polar surface area (TPSA) is 20.2 Å². The first-order valence-corrected chi connectivity index (χ1v) is 4.65. The molecule has 1 saturated carbocycles. The van der Waals surface area contributed by atoms with Crippen molar-refractivity contribution >= 4 is 0 Å². The Morgan fingerprint density at radius 1 is 1.33 bits per heavy atom. The van der Waals surface area contributed by atoms with E-state index >= 15 is 0 Å². The molecule has 0 aromatic carbocycles. The van der Waals surface area contributed by atoms with Crippen LogP contribution in [0.4, 0.5) is 8.78 Å². The van der Waals surface area contributed by atoms with Gasteiger partial charge in [0, 0.05) is 18.9 Å². The van der Waals surface area contributed by atoms with E-state index in [4.69, 9.17) is 5.11 Å². The zero-order chi connectivity index (χ0) is 9.03. The molecule has 0 bridgehead atoms. The van der Waals surface area contributed by atoms with Gasteiger partial charge in [0.2, 0.25) is 0 Å². The highest BCUT2D eigenvalue weighted by Crippen LogP contribution is 2.40. The molecule has 1 aliphatic rings. The summed E-state index contributed by atoms with van der Waals surface area (Å²) in [5, 5.41) is 8.52. The third kappa shape index (κ3) is 2.41. The molecule has 12 heavy (non-hydrogen) atoms. The maximum absolute atomic E-state index is 13.1. The molecule has 3 heteroatoms. The Kier molecular flexibility index (Phi) is 3.44. The second-order valence-corrected chi connectivity index (χ2v) is 3.57. The van der Waals surface area contributed by atoms with Gasteiger partial charge in [-0.05, 0) is 25.7 Å². The zero-order valence-electron chi connectivity index (χ0n) is 7.23. The van der Waals surface area contributed by atoms with Crippen LogP contribution in [0.3, 0.4) is 0 Å². The molecule has 0 aliphatic heterocycles. The Labute approximate surface area is 71.8 Å². The molecule has 0 amide bonds. The second kappa shape index (κ2) is 4.17. The highest BCUT2D eigenvalue weighted by molar-refractivity contribution is 4.81. The van der Waals surface area contributed by atoms with Gasteiger partial charge in [-0.3, -0.25) is 0 Å².